The fourth-order valence-corrected chi connectivity index (χ4v) is 2.62. The quantitative estimate of drug-likeness (QED) is 0.832. The highest BCUT2D eigenvalue weighted by Gasteiger charge is 2.09. The van der Waals surface area contributed by atoms with Crippen molar-refractivity contribution in [1.29, 1.82) is 0 Å². The third-order valence-electron chi connectivity index (χ3n) is 3.97. The molecule has 2 rings (SSSR count). The molecular formula is C18H26N2. The van der Waals surface area contributed by atoms with Crippen LogP contribution in [-0.4, -0.2) is 11.1 Å². The molecule has 0 aliphatic carbocycles. The van der Waals surface area contributed by atoms with E-state index in [4.69, 9.17) is 0 Å². The number of rotatable bonds is 6. The Balaban J connectivity index is 2.10. The molecule has 1 heterocycles. The highest BCUT2D eigenvalue weighted by Crippen LogP contribution is 2.18. The van der Waals surface area contributed by atoms with Gasteiger partial charge in [0.05, 0.1) is 0 Å². The number of nitrogens with zero attached hydrogens (tertiary/aromatic N) is 1. The van der Waals surface area contributed by atoms with Gasteiger partial charge in [-0.25, -0.2) is 0 Å². The number of hydrogen-bond donors (Lipinski definition) is 1. The lowest BCUT2D eigenvalue weighted by molar-refractivity contribution is 0.536. The summed E-state index contributed by atoms with van der Waals surface area (Å²) in [6, 6.07) is 9.43. The maximum atomic E-state index is 3.53. The summed E-state index contributed by atoms with van der Waals surface area (Å²) >= 11 is 0. The van der Waals surface area contributed by atoms with Crippen LogP contribution in [0.3, 0.4) is 0 Å². The largest absolute Gasteiger partial charge is 0.350 e. The van der Waals surface area contributed by atoms with Crippen LogP contribution in [0, 0.1) is 13.8 Å². The van der Waals surface area contributed by atoms with Crippen LogP contribution in [0.1, 0.15) is 48.6 Å². The van der Waals surface area contributed by atoms with Gasteiger partial charge in [-0.2, -0.15) is 0 Å². The summed E-state index contributed by atoms with van der Waals surface area (Å²) in [7, 11) is 0. The first-order valence-corrected chi connectivity index (χ1v) is 7.59. The summed E-state index contributed by atoms with van der Waals surface area (Å²) in [6.07, 6.45) is 5.58. The van der Waals surface area contributed by atoms with E-state index in [1.165, 1.54) is 22.3 Å². The molecule has 1 N–H and O–H groups in total. The average molecular weight is 270 g/mol. The van der Waals surface area contributed by atoms with Crippen molar-refractivity contribution in [3.05, 3.63) is 58.9 Å². The molecule has 0 aliphatic heterocycles. The highest BCUT2D eigenvalue weighted by atomic mass is 15.0. The number of benzene rings is 1. The van der Waals surface area contributed by atoms with Gasteiger partial charge < -0.3 is 9.88 Å². The van der Waals surface area contributed by atoms with Gasteiger partial charge in [0.15, 0.2) is 0 Å². The molecular weight excluding hydrogens is 244 g/mol. The number of aryl methyl sites for hydroxylation is 2. The third-order valence-corrected chi connectivity index (χ3v) is 3.97. The van der Waals surface area contributed by atoms with Crippen molar-refractivity contribution in [3.63, 3.8) is 0 Å². The zero-order valence-corrected chi connectivity index (χ0v) is 13.1. The first kappa shape index (κ1) is 14.9. The lowest BCUT2D eigenvalue weighted by Crippen LogP contribution is -2.19. The monoisotopic (exact) mass is 270 g/mol. The van der Waals surface area contributed by atoms with Crippen LogP contribution in [0.2, 0.25) is 0 Å². The molecule has 1 unspecified atom stereocenters. The number of aromatic nitrogens is 1. The van der Waals surface area contributed by atoms with E-state index in [9.17, 15) is 0 Å². The van der Waals surface area contributed by atoms with Gasteiger partial charge in [0, 0.05) is 25.0 Å². The van der Waals surface area contributed by atoms with E-state index < -0.39 is 0 Å². The van der Waals surface area contributed by atoms with Crippen molar-refractivity contribution in [2.24, 2.45) is 0 Å². The van der Waals surface area contributed by atoms with Gasteiger partial charge in [0.1, 0.15) is 0 Å². The van der Waals surface area contributed by atoms with Gasteiger partial charge in [0.25, 0.3) is 0 Å². The zero-order chi connectivity index (χ0) is 14.5. The minimum absolute atomic E-state index is 0.473. The lowest BCUT2D eigenvalue weighted by Gasteiger charge is -2.14. The van der Waals surface area contributed by atoms with Gasteiger partial charge in [-0.1, -0.05) is 32.0 Å². The standard InChI is InChI=1S/C18H26N2/c1-5-18(19-6-2)17-9-10-20(13-17)12-16-8-7-14(3)15(4)11-16/h7-11,13,18-19H,5-6,12H2,1-4H3. The molecule has 0 radical (unpaired) electrons. The summed E-state index contributed by atoms with van der Waals surface area (Å²) in [5.74, 6) is 0. The molecule has 0 saturated carbocycles. The van der Waals surface area contributed by atoms with Gasteiger partial charge in [-0.3, -0.25) is 0 Å². The second-order valence-corrected chi connectivity index (χ2v) is 5.55. The molecule has 0 spiro atoms. The summed E-state index contributed by atoms with van der Waals surface area (Å²) in [6.45, 7) is 10.7. The van der Waals surface area contributed by atoms with E-state index >= 15 is 0 Å². The van der Waals surface area contributed by atoms with Crippen LogP contribution in [0.4, 0.5) is 0 Å². The molecule has 0 fully saturated rings. The Hall–Kier alpha value is -1.54. The Bertz CT molecular complexity index is 554. The molecule has 0 aliphatic rings. The van der Waals surface area contributed by atoms with E-state index in [0.717, 1.165) is 19.5 Å². The molecule has 1 aromatic heterocycles. The predicted octanol–water partition coefficient (Wildman–Crippen LogP) is 4.21. The number of nitrogens with one attached hydrogen (secondary N) is 1. The first-order chi connectivity index (χ1) is 9.63. The maximum absolute atomic E-state index is 3.53. The summed E-state index contributed by atoms with van der Waals surface area (Å²) in [5, 5.41) is 3.53. The Kier molecular flexibility index (Phi) is 5.02. The van der Waals surface area contributed by atoms with E-state index in [1.807, 2.05) is 0 Å². The molecule has 20 heavy (non-hydrogen) atoms. The van der Waals surface area contributed by atoms with Crippen molar-refractivity contribution in [3.8, 4) is 0 Å². The van der Waals surface area contributed by atoms with Gasteiger partial charge >= 0.3 is 0 Å². The summed E-state index contributed by atoms with van der Waals surface area (Å²) in [4.78, 5) is 0. The first-order valence-electron chi connectivity index (χ1n) is 7.59. The molecule has 2 heteroatoms. The molecule has 0 saturated heterocycles. The zero-order valence-electron chi connectivity index (χ0n) is 13.1. The van der Waals surface area contributed by atoms with Crippen molar-refractivity contribution in [2.45, 2.75) is 46.7 Å². The second-order valence-electron chi connectivity index (χ2n) is 5.55. The Morgan fingerprint density at radius 2 is 1.90 bits per heavy atom. The van der Waals surface area contributed by atoms with Crippen LogP contribution < -0.4 is 5.32 Å². The molecule has 2 aromatic rings. The van der Waals surface area contributed by atoms with Crippen LogP contribution in [0.15, 0.2) is 36.7 Å². The highest BCUT2D eigenvalue weighted by molar-refractivity contribution is 5.30. The minimum Gasteiger partial charge on any atom is -0.350 e. The van der Waals surface area contributed by atoms with Crippen LogP contribution in [0.5, 0.6) is 0 Å². The smallest absolute Gasteiger partial charge is 0.0470 e. The SMILES string of the molecule is CCNC(CC)c1ccn(Cc2ccc(C)c(C)c2)c1. The van der Waals surface area contributed by atoms with Crippen molar-refractivity contribution < 1.29 is 0 Å². The van der Waals surface area contributed by atoms with Gasteiger partial charge in [-0.05, 0) is 55.1 Å². The molecule has 0 bridgehead atoms. The normalized spacial score (nSPS) is 12.6. The van der Waals surface area contributed by atoms with Crippen molar-refractivity contribution in [2.75, 3.05) is 6.54 Å². The van der Waals surface area contributed by atoms with E-state index in [0.29, 0.717) is 6.04 Å². The fraction of sp³-hybridized carbons (Fsp3) is 0.444. The van der Waals surface area contributed by atoms with E-state index in [1.54, 1.807) is 0 Å². The second kappa shape index (κ2) is 6.76. The van der Waals surface area contributed by atoms with Crippen molar-refractivity contribution >= 4 is 0 Å². The van der Waals surface area contributed by atoms with Crippen LogP contribution in [-0.2, 0) is 6.54 Å². The van der Waals surface area contributed by atoms with Gasteiger partial charge in [0.2, 0.25) is 0 Å². The Morgan fingerprint density at radius 3 is 2.55 bits per heavy atom. The van der Waals surface area contributed by atoms with Crippen molar-refractivity contribution in [1.82, 2.24) is 9.88 Å². The average Bonchev–Trinajstić information content (AvgIpc) is 2.88. The van der Waals surface area contributed by atoms with E-state index in [-0.39, 0.29) is 0 Å². The van der Waals surface area contributed by atoms with E-state index in [2.05, 4.69) is 74.2 Å². The molecule has 1 aromatic carbocycles. The fourth-order valence-electron chi connectivity index (χ4n) is 2.62. The Labute approximate surface area is 122 Å². The summed E-state index contributed by atoms with van der Waals surface area (Å²) in [5.41, 5.74) is 5.49. The summed E-state index contributed by atoms with van der Waals surface area (Å²) < 4.78 is 2.28. The lowest BCUT2D eigenvalue weighted by atomic mass is 10.1. The Morgan fingerprint density at radius 1 is 1.10 bits per heavy atom. The number of hydrogen-bond acceptors (Lipinski definition) is 1. The van der Waals surface area contributed by atoms with Gasteiger partial charge in [-0.15, -0.1) is 0 Å². The van der Waals surface area contributed by atoms with Crippen LogP contribution in [0.25, 0.3) is 0 Å². The molecule has 108 valence electrons. The molecule has 2 nitrogen and oxygen atoms in total. The van der Waals surface area contributed by atoms with Crippen LogP contribution >= 0.6 is 0 Å². The molecule has 1 atom stereocenters. The topological polar surface area (TPSA) is 17.0 Å². The third kappa shape index (κ3) is 3.51. The molecule has 0 amide bonds. The minimum atomic E-state index is 0.473. The maximum Gasteiger partial charge on any atom is 0.0470 e. The predicted molar refractivity (Wildman–Crippen MR) is 86.2 cm³/mol.